The number of fused-ring (bicyclic) bond motifs is 1. The normalized spacial score (nSPS) is 19.7. The summed E-state index contributed by atoms with van der Waals surface area (Å²) in [7, 11) is 0. The standard InChI is InChI=1S/C19H22N4O4/c1-9-4-13(11(3)26-9)15-5-14(17-10(2)23-27-19(17)22-15)18(25)21-7-12-6-20-8-16(12)24/h4-5,12,16,20,24H,6-8H2,1-3H3,(H,21,25). The van der Waals surface area contributed by atoms with Crippen LogP contribution in [0.5, 0.6) is 0 Å². The van der Waals surface area contributed by atoms with Crippen molar-refractivity contribution in [3.63, 3.8) is 0 Å². The average Bonchev–Trinajstić information content (AvgIpc) is 3.31. The third-order valence-corrected chi connectivity index (χ3v) is 5.01. The van der Waals surface area contributed by atoms with Crippen molar-refractivity contribution in [2.24, 2.45) is 5.92 Å². The lowest BCUT2D eigenvalue weighted by atomic mass is 10.0. The van der Waals surface area contributed by atoms with Crippen molar-refractivity contribution in [2.45, 2.75) is 26.9 Å². The van der Waals surface area contributed by atoms with Crippen molar-refractivity contribution in [3.05, 3.63) is 34.9 Å². The lowest BCUT2D eigenvalue weighted by molar-refractivity contribution is 0.0928. The molecule has 0 spiro atoms. The number of β-amino-alcohol motifs (C(OH)–C–C–N with tert-alkyl or cyclic N) is 1. The molecular weight excluding hydrogens is 348 g/mol. The molecule has 0 bridgehead atoms. The Kier molecular flexibility index (Phi) is 4.45. The van der Waals surface area contributed by atoms with Gasteiger partial charge in [0.1, 0.15) is 11.5 Å². The zero-order chi connectivity index (χ0) is 19.1. The molecule has 4 heterocycles. The van der Waals surface area contributed by atoms with E-state index in [4.69, 9.17) is 8.94 Å². The van der Waals surface area contributed by atoms with E-state index in [9.17, 15) is 9.90 Å². The first-order valence-electron chi connectivity index (χ1n) is 8.95. The van der Waals surface area contributed by atoms with Crippen LogP contribution in [0.3, 0.4) is 0 Å². The van der Waals surface area contributed by atoms with Gasteiger partial charge in [0.25, 0.3) is 11.6 Å². The zero-order valence-electron chi connectivity index (χ0n) is 15.5. The third kappa shape index (κ3) is 3.22. The summed E-state index contributed by atoms with van der Waals surface area (Å²) in [6, 6.07) is 3.62. The molecule has 0 aliphatic carbocycles. The smallest absolute Gasteiger partial charge is 0.259 e. The molecule has 3 N–H and O–H groups in total. The minimum Gasteiger partial charge on any atom is -0.466 e. The van der Waals surface area contributed by atoms with E-state index < -0.39 is 6.10 Å². The van der Waals surface area contributed by atoms with E-state index in [-0.39, 0.29) is 11.8 Å². The number of aryl methyl sites for hydroxylation is 3. The lowest BCUT2D eigenvalue weighted by Gasteiger charge is -2.14. The Morgan fingerprint density at radius 2 is 2.15 bits per heavy atom. The summed E-state index contributed by atoms with van der Waals surface area (Å²) in [6.45, 7) is 7.12. The van der Waals surface area contributed by atoms with Crippen LogP contribution in [0, 0.1) is 26.7 Å². The number of nitrogens with one attached hydrogen (secondary N) is 2. The van der Waals surface area contributed by atoms with Crippen LogP contribution in [0.1, 0.15) is 27.6 Å². The number of nitrogens with zero attached hydrogens (tertiary/aromatic N) is 2. The Balaban J connectivity index is 1.70. The van der Waals surface area contributed by atoms with Crippen LogP contribution in [0.4, 0.5) is 0 Å². The monoisotopic (exact) mass is 370 g/mol. The van der Waals surface area contributed by atoms with E-state index >= 15 is 0 Å². The average molecular weight is 370 g/mol. The van der Waals surface area contributed by atoms with Gasteiger partial charge in [0.2, 0.25) is 0 Å². The van der Waals surface area contributed by atoms with Gasteiger partial charge in [0.05, 0.1) is 28.4 Å². The highest BCUT2D eigenvalue weighted by Gasteiger charge is 2.26. The van der Waals surface area contributed by atoms with Gasteiger partial charge in [-0.2, -0.15) is 0 Å². The first-order valence-corrected chi connectivity index (χ1v) is 8.95. The van der Waals surface area contributed by atoms with E-state index in [1.165, 1.54) is 0 Å². The maximum Gasteiger partial charge on any atom is 0.259 e. The molecule has 142 valence electrons. The van der Waals surface area contributed by atoms with Gasteiger partial charge in [-0.1, -0.05) is 5.16 Å². The molecule has 0 aromatic carbocycles. The summed E-state index contributed by atoms with van der Waals surface area (Å²) >= 11 is 0. The molecule has 2 atom stereocenters. The van der Waals surface area contributed by atoms with Gasteiger partial charge in [-0.15, -0.1) is 0 Å². The topological polar surface area (TPSA) is 113 Å². The fourth-order valence-electron chi connectivity index (χ4n) is 3.54. The molecule has 1 aliphatic heterocycles. The fourth-order valence-corrected chi connectivity index (χ4v) is 3.54. The van der Waals surface area contributed by atoms with Crippen LogP contribution in [-0.4, -0.2) is 46.9 Å². The van der Waals surface area contributed by atoms with Gasteiger partial charge in [0, 0.05) is 31.1 Å². The quantitative estimate of drug-likeness (QED) is 0.641. The number of carbonyl (C=O) groups is 1. The summed E-state index contributed by atoms with van der Waals surface area (Å²) in [5, 5.41) is 20.5. The van der Waals surface area contributed by atoms with Crippen LogP contribution in [0.25, 0.3) is 22.4 Å². The number of aliphatic hydroxyl groups is 1. The van der Waals surface area contributed by atoms with E-state index in [0.29, 0.717) is 47.7 Å². The van der Waals surface area contributed by atoms with Crippen LogP contribution >= 0.6 is 0 Å². The summed E-state index contributed by atoms with van der Waals surface area (Å²) in [5.74, 6) is 1.24. The molecule has 8 nitrogen and oxygen atoms in total. The van der Waals surface area contributed by atoms with Crippen LogP contribution < -0.4 is 10.6 Å². The number of pyridine rings is 1. The number of hydrogen-bond donors (Lipinski definition) is 3. The molecule has 0 radical (unpaired) electrons. The third-order valence-electron chi connectivity index (χ3n) is 5.01. The predicted molar refractivity (Wildman–Crippen MR) is 98.4 cm³/mol. The second kappa shape index (κ2) is 6.79. The van der Waals surface area contributed by atoms with Crippen molar-refractivity contribution >= 4 is 17.0 Å². The minimum atomic E-state index is -0.452. The predicted octanol–water partition coefficient (Wildman–Crippen LogP) is 1.72. The Hall–Kier alpha value is -2.71. The number of aliphatic hydroxyl groups excluding tert-OH is 1. The Morgan fingerprint density at radius 1 is 1.33 bits per heavy atom. The second-order valence-electron chi connectivity index (χ2n) is 7.03. The molecule has 4 rings (SSSR count). The lowest BCUT2D eigenvalue weighted by Crippen LogP contribution is -2.34. The van der Waals surface area contributed by atoms with Crippen LogP contribution in [0.2, 0.25) is 0 Å². The highest BCUT2D eigenvalue weighted by atomic mass is 16.5. The van der Waals surface area contributed by atoms with Crippen LogP contribution in [0.15, 0.2) is 21.1 Å². The molecule has 1 saturated heterocycles. The Morgan fingerprint density at radius 3 is 2.81 bits per heavy atom. The maximum atomic E-state index is 12.9. The first-order chi connectivity index (χ1) is 12.9. The number of amides is 1. The Bertz CT molecular complexity index is 1010. The summed E-state index contributed by atoms with van der Waals surface area (Å²) < 4.78 is 10.9. The van der Waals surface area contributed by atoms with Crippen molar-refractivity contribution in [2.75, 3.05) is 19.6 Å². The van der Waals surface area contributed by atoms with E-state index in [2.05, 4.69) is 20.8 Å². The van der Waals surface area contributed by atoms with E-state index in [1.54, 1.807) is 13.0 Å². The molecule has 1 fully saturated rings. The number of hydrogen-bond acceptors (Lipinski definition) is 7. The van der Waals surface area contributed by atoms with Crippen LogP contribution in [-0.2, 0) is 0 Å². The van der Waals surface area contributed by atoms with E-state index in [0.717, 1.165) is 17.1 Å². The molecule has 1 aliphatic rings. The molecule has 1 amide bonds. The Labute approximate surface area is 155 Å². The van der Waals surface area contributed by atoms with Gasteiger partial charge in [-0.3, -0.25) is 4.79 Å². The SMILES string of the molecule is Cc1cc(-c2cc(C(=O)NCC3CNCC3O)c3c(C)noc3n2)c(C)o1. The highest BCUT2D eigenvalue weighted by Crippen LogP contribution is 2.30. The number of rotatable bonds is 4. The second-order valence-corrected chi connectivity index (χ2v) is 7.03. The van der Waals surface area contributed by atoms with Crippen molar-refractivity contribution in [3.8, 4) is 11.3 Å². The minimum absolute atomic E-state index is 0.00640. The molecule has 27 heavy (non-hydrogen) atoms. The van der Waals surface area contributed by atoms with Crippen molar-refractivity contribution < 1.29 is 18.8 Å². The molecule has 2 unspecified atom stereocenters. The van der Waals surface area contributed by atoms with Gasteiger partial charge in [0.15, 0.2) is 0 Å². The number of furan rings is 1. The fraction of sp³-hybridized carbons (Fsp3) is 0.421. The summed E-state index contributed by atoms with van der Waals surface area (Å²) in [6.07, 6.45) is -0.452. The highest BCUT2D eigenvalue weighted by molar-refractivity contribution is 6.07. The summed E-state index contributed by atoms with van der Waals surface area (Å²) in [5.41, 5.74) is 2.79. The van der Waals surface area contributed by atoms with Gasteiger partial charge < -0.3 is 24.7 Å². The van der Waals surface area contributed by atoms with Gasteiger partial charge in [-0.25, -0.2) is 4.98 Å². The van der Waals surface area contributed by atoms with Gasteiger partial charge in [-0.05, 0) is 32.9 Å². The number of carbonyl (C=O) groups excluding carboxylic acids is 1. The summed E-state index contributed by atoms with van der Waals surface area (Å²) in [4.78, 5) is 17.4. The zero-order valence-corrected chi connectivity index (χ0v) is 15.5. The molecule has 8 heteroatoms. The number of aromatic nitrogens is 2. The van der Waals surface area contributed by atoms with Crippen molar-refractivity contribution in [1.29, 1.82) is 0 Å². The molecule has 3 aromatic rings. The molecular formula is C19H22N4O4. The van der Waals surface area contributed by atoms with Crippen molar-refractivity contribution in [1.82, 2.24) is 20.8 Å². The first kappa shape index (κ1) is 17.7. The molecule has 3 aromatic heterocycles. The maximum absolute atomic E-state index is 12.9. The van der Waals surface area contributed by atoms with E-state index in [1.807, 2.05) is 19.9 Å². The van der Waals surface area contributed by atoms with Gasteiger partial charge >= 0.3 is 0 Å². The molecule has 0 saturated carbocycles. The largest absolute Gasteiger partial charge is 0.466 e.